The maximum Gasteiger partial charge on any atom is 0.266 e. The normalized spacial score (nSPS) is 18.4. The first-order valence-electron chi connectivity index (χ1n) is 11.6. The Balaban J connectivity index is 1.59. The molecular weight excluding hydrogens is 454 g/mol. The predicted molar refractivity (Wildman–Crippen MR) is 126 cm³/mol. The first-order chi connectivity index (χ1) is 16.3. The van der Waals surface area contributed by atoms with E-state index in [0.29, 0.717) is 19.8 Å². The van der Waals surface area contributed by atoms with Gasteiger partial charge in [-0.25, -0.2) is 0 Å². The molecule has 2 heterocycles. The molecule has 2 aliphatic rings. The fourth-order valence-corrected chi connectivity index (χ4v) is 3.82. The third-order valence-corrected chi connectivity index (χ3v) is 5.58. The number of hydrogen-bond donors (Lipinski definition) is 2. The summed E-state index contributed by atoms with van der Waals surface area (Å²) in [6.45, 7) is 11.3. The maximum absolute atomic E-state index is 13.1. The second-order valence-corrected chi connectivity index (χ2v) is 10.9. The van der Waals surface area contributed by atoms with Crippen molar-refractivity contribution in [2.24, 2.45) is 10.8 Å². The van der Waals surface area contributed by atoms with Crippen molar-refractivity contribution in [1.29, 1.82) is 0 Å². The van der Waals surface area contributed by atoms with Crippen molar-refractivity contribution in [1.82, 2.24) is 15.5 Å². The molecule has 1 aromatic rings. The highest BCUT2D eigenvalue weighted by Crippen LogP contribution is 2.33. The third-order valence-electron chi connectivity index (χ3n) is 5.58. The Morgan fingerprint density at radius 1 is 1.09 bits per heavy atom. The SMILES string of the molecule is CC(C)(C)COCC(C)(C)CNC(=O)COc1cccc2c1C(=O)N(C1CCC(=O)NC1=O)C2=O. The zero-order valence-corrected chi connectivity index (χ0v) is 20.9. The monoisotopic (exact) mass is 487 g/mol. The third kappa shape index (κ3) is 6.45. The minimum Gasteiger partial charge on any atom is -0.483 e. The van der Waals surface area contributed by atoms with Crippen molar-refractivity contribution in [3.63, 3.8) is 0 Å². The molecule has 2 N–H and O–H groups in total. The van der Waals surface area contributed by atoms with Crippen molar-refractivity contribution < 1.29 is 33.4 Å². The predicted octanol–water partition coefficient (Wildman–Crippen LogP) is 1.67. The summed E-state index contributed by atoms with van der Waals surface area (Å²) in [5.41, 5.74) is -0.143. The molecule has 0 aliphatic carbocycles. The quantitative estimate of drug-likeness (QED) is 0.507. The molecule has 1 saturated heterocycles. The molecule has 1 unspecified atom stereocenters. The molecule has 0 spiro atoms. The number of nitrogens with zero attached hydrogens (tertiary/aromatic N) is 1. The lowest BCUT2D eigenvalue weighted by molar-refractivity contribution is -0.136. The Labute approximate surface area is 204 Å². The highest BCUT2D eigenvalue weighted by Gasteiger charge is 2.46. The number of carbonyl (C=O) groups is 5. The van der Waals surface area contributed by atoms with E-state index in [2.05, 4.69) is 31.4 Å². The molecule has 3 rings (SSSR count). The maximum atomic E-state index is 13.1. The summed E-state index contributed by atoms with van der Waals surface area (Å²) in [5.74, 6) is -2.75. The van der Waals surface area contributed by atoms with Crippen LogP contribution < -0.4 is 15.4 Å². The van der Waals surface area contributed by atoms with Crippen LogP contribution in [0.3, 0.4) is 0 Å². The number of rotatable bonds is 9. The van der Waals surface area contributed by atoms with Crippen LogP contribution in [0, 0.1) is 10.8 Å². The number of benzene rings is 1. The molecule has 0 radical (unpaired) electrons. The van der Waals surface area contributed by atoms with Crippen LogP contribution in [0.5, 0.6) is 5.75 Å². The molecule has 0 bridgehead atoms. The van der Waals surface area contributed by atoms with E-state index >= 15 is 0 Å². The van der Waals surface area contributed by atoms with Crippen LogP contribution in [0.2, 0.25) is 0 Å². The van der Waals surface area contributed by atoms with E-state index in [-0.39, 0.29) is 53.1 Å². The molecule has 1 atom stereocenters. The van der Waals surface area contributed by atoms with Crippen molar-refractivity contribution in [2.75, 3.05) is 26.4 Å². The number of amides is 5. The molecule has 10 nitrogen and oxygen atoms in total. The molecule has 35 heavy (non-hydrogen) atoms. The van der Waals surface area contributed by atoms with Gasteiger partial charge < -0.3 is 14.8 Å². The fourth-order valence-electron chi connectivity index (χ4n) is 3.82. The van der Waals surface area contributed by atoms with Crippen molar-refractivity contribution in [2.45, 2.75) is 53.5 Å². The van der Waals surface area contributed by atoms with Gasteiger partial charge in [0, 0.05) is 18.4 Å². The lowest BCUT2D eigenvalue weighted by Gasteiger charge is -2.27. The van der Waals surface area contributed by atoms with Crippen LogP contribution in [0.1, 0.15) is 68.2 Å². The van der Waals surface area contributed by atoms with Gasteiger partial charge in [-0.3, -0.25) is 34.2 Å². The van der Waals surface area contributed by atoms with Gasteiger partial charge in [-0.1, -0.05) is 40.7 Å². The van der Waals surface area contributed by atoms with Crippen LogP contribution in [0.4, 0.5) is 0 Å². The van der Waals surface area contributed by atoms with Gasteiger partial charge in [0.1, 0.15) is 11.8 Å². The minimum absolute atomic E-state index is 0.00547. The summed E-state index contributed by atoms with van der Waals surface area (Å²) < 4.78 is 11.4. The Kier molecular flexibility index (Phi) is 7.64. The smallest absolute Gasteiger partial charge is 0.266 e. The minimum atomic E-state index is -1.07. The average Bonchev–Trinajstić information content (AvgIpc) is 3.01. The van der Waals surface area contributed by atoms with Crippen LogP contribution in [-0.2, 0) is 19.1 Å². The number of nitrogens with one attached hydrogen (secondary N) is 2. The highest BCUT2D eigenvalue weighted by atomic mass is 16.5. The number of fused-ring (bicyclic) bond motifs is 1. The summed E-state index contributed by atoms with van der Waals surface area (Å²) in [5, 5.41) is 4.97. The molecule has 190 valence electrons. The zero-order chi connectivity index (χ0) is 26.0. The highest BCUT2D eigenvalue weighted by molar-refractivity contribution is 6.24. The molecule has 0 aromatic heterocycles. The van der Waals surface area contributed by atoms with Crippen LogP contribution in [-0.4, -0.2) is 66.8 Å². The first kappa shape index (κ1) is 26.3. The second-order valence-electron chi connectivity index (χ2n) is 10.9. The van der Waals surface area contributed by atoms with E-state index in [0.717, 1.165) is 4.90 Å². The Morgan fingerprint density at radius 3 is 2.46 bits per heavy atom. The molecule has 1 fully saturated rings. The van der Waals surface area contributed by atoms with Gasteiger partial charge in [-0.15, -0.1) is 0 Å². The van der Waals surface area contributed by atoms with Gasteiger partial charge in [0.2, 0.25) is 11.8 Å². The van der Waals surface area contributed by atoms with E-state index in [1.54, 1.807) is 6.07 Å². The molecular formula is C25H33N3O7. The summed E-state index contributed by atoms with van der Waals surface area (Å²) in [4.78, 5) is 62.9. The zero-order valence-electron chi connectivity index (χ0n) is 20.9. The van der Waals surface area contributed by atoms with E-state index in [1.165, 1.54) is 12.1 Å². The van der Waals surface area contributed by atoms with Crippen molar-refractivity contribution in [3.05, 3.63) is 29.3 Å². The van der Waals surface area contributed by atoms with Gasteiger partial charge in [0.25, 0.3) is 17.7 Å². The number of hydrogen-bond acceptors (Lipinski definition) is 7. The van der Waals surface area contributed by atoms with E-state index in [4.69, 9.17) is 9.47 Å². The topological polar surface area (TPSA) is 131 Å². The Morgan fingerprint density at radius 2 is 1.80 bits per heavy atom. The van der Waals surface area contributed by atoms with Gasteiger partial charge in [0.05, 0.1) is 24.3 Å². The number of piperidine rings is 1. The van der Waals surface area contributed by atoms with E-state index < -0.39 is 29.7 Å². The Hall–Kier alpha value is -3.27. The summed E-state index contributed by atoms with van der Waals surface area (Å²) in [6, 6.07) is 3.43. The van der Waals surface area contributed by atoms with Crippen molar-refractivity contribution >= 4 is 29.5 Å². The summed E-state index contributed by atoms with van der Waals surface area (Å²) >= 11 is 0. The van der Waals surface area contributed by atoms with Crippen molar-refractivity contribution in [3.8, 4) is 5.75 Å². The molecule has 10 heteroatoms. The Bertz CT molecular complexity index is 1040. The van der Waals surface area contributed by atoms with Gasteiger partial charge >= 0.3 is 0 Å². The standard InChI is InChI=1S/C25H33N3O7/c1-24(2,3)13-34-14-25(4,5)12-26-19(30)11-35-17-8-6-7-15-20(17)23(33)28(22(15)32)16-9-10-18(29)27-21(16)31/h6-8,16H,9-14H2,1-5H3,(H,26,30)(H,27,29,31). The number of imide groups is 2. The fraction of sp³-hybridized carbons (Fsp3) is 0.560. The van der Waals surface area contributed by atoms with Crippen LogP contribution in [0.15, 0.2) is 18.2 Å². The lowest BCUT2D eigenvalue weighted by Crippen LogP contribution is -2.54. The molecule has 2 aliphatic heterocycles. The lowest BCUT2D eigenvalue weighted by atomic mass is 9.94. The summed E-state index contributed by atoms with van der Waals surface area (Å²) in [6.07, 6.45) is 0.0922. The molecule has 0 saturated carbocycles. The second kappa shape index (κ2) is 10.2. The van der Waals surface area contributed by atoms with Gasteiger partial charge in [0.15, 0.2) is 6.61 Å². The van der Waals surface area contributed by atoms with Crippen LogP contribution >= 0.6 is 0 Å². The molecule has 5 amide bonds. The first-order valence-corrected chi connectivity index (χ1v) is 11.6. The average molecular weight is 488 g/mol. The van der Waals surface area contributed by atoms with Crippen LogP contribution in [0.25, 0.3) is 0 Å². The largest absolute Gasteiger partial charge is 0.483 e. The summed E-state index contributed by atoms with van der Waals surface area (Å²) in [7, 11) is 0. The van der Waals surface area contributed by atoms with E-state index in [9.17, 15) is 24.0 Å². The van der Waals surface area contributed by atoms with Gasteiger partial charge in [-0.05, 0) is 24.0 Å². The number of carbonyl (C=O) groups excluding carboxylic acids is 5. The molecule has 1 aromatic carbocycles. The van der Waals surface area contributed by atoms with Gasteiger partial charge in [-0.2, -0.15) is 0 Å². The number of ether oxygens (including phenoxy) is 2. The van der Waals surface area contributed by atoms with E-state index in [1.807, 2.05) is 13.8 Å².